The van der Waals surface area contributed by atoms with Crippen LogP contribution in [0, 0.1) is 5.92 Å². The van der Waals surface area contributed by atoms with Gasteiger partial charge in [-0.1, -0.05) is 5.16 Å². The van der Waals surface area contributed by atoms with Crippen LogP contribution in [0.3, 0.4) is 0 Å². The average Bonchev–Trinajstić information content (AvgIpc) is 2.27. The quantitative estimate of drug-likeness (QED) is 0.521. The van der Waals surface area contributed by atoms with Gasteiger partial charge in [-0.2, -0.15) is 0 Å². The lowest BCUT2D eigenvalue weighted by molar-refractivity contribution is 0.00637. The molecule has 0 aromatic rings. The molecule has 1 amide bonds. The van der Waals surface area contributed by atoms with Crippen molar-refractivity contribution in [2.24, 2.45) is 11.1 Å². The Morgan fingerprint density at radius 3 is 2.71 bits per heavy atom. The van der Waals surface area contributed by atoms with Crippen molar-refractivity contribution in [3.63, 3.8) is 0 Å². The number of hydrogen-bond acceptors (Lipinski definition) is 4. The number of carbonyl (C=O) groups is 1. The summed E-state index contributed by atoms with van der Waals surface area (Å²) in [6.45, 7) is 6.29. The number of fused-ring (bicyclic) bond motifs is 3. The number of oxime groups is 1. The molecule has 0 radical (unpaired) electrons. The van der Waals surface area contributed by atoms with E-state index in [1.165, 1.54) is 0 Å². The second kappa shape index (κ2) is 4.20. The fraction of sp³-hybridized carbons (Fsp3) is 0.833. The van der Waals surface area contributed by atoms with Gasteiger partial charge in [-0.15, -0.1) is 0 Å². The highest BCUT2D eigenvalue weighted by Crippen LogP contribution is 2.34. The van der Waals surface area contributed by atoms with E-state index in [2.05, 4.69) is 5.16 Å². The molecule has 0 aromatic carbocycles. The number of hydrogen-bond donors (Lipinski definition) is 1. The molecule has 0 spiro atoms. The van der Waals surface area contributed by atoms with Gasteiger partial charge in [-0.25, -0.2) is 4.79 Å². The third-order valence-electron chi connectivity index (χ3n) is 3.32. The van der Waals surface area contributed by atoms with Gasteiger partial charge < -0.3 is 9.94 Å². The van der Waals surface area contributed by atoms with E-state index in [1.807, 2.05) is 20.8 Å². The zero-order chi connectivity index (χ0) is 12.6. The minimum absolute atomic E-state index is 0.0696. The first-order chi connectivity index (χ1) is 7.90. The third kappa shape index (κ3) is 2.53. The summed E-state index contributed by atoms with van der Waals surface area (Å²) in [6, 6.07) is -0.0696. The van der Waals surface area contributed by atoms with Crippen molar-refractivity contribution in [3.05, 3.63) is 0 Å². The minimum atomic E-state index is -0.482. The van der Waals surface area contributed by atoms with Crippen LogP contribution >= 0.6 is 0 Å². The van der Waals surface area contributed by atoms with Gasteiger partial charge in [0.1, 0.15) is 5.60 Å². The van der Waals surface area contributed by atoms with E-state index in [0.717, 1.165) is 31.5 Å². The van der Waals surface area contributed by atoms with Crippen molar-refractivity contribution in [3.8, 4) is 0 Å². The Balaban J connectivity index is 2.09. The first-order valence-electron chi connectivity index (χ1n) is 6.11. The number of nitrogens with zero attached hydrogens (tertiary/aromatic N) is 2. The van der Waals surface area contributed by atoms with Gasteiger partial charge in [0.15, 0.2) is 0 Å². The monoisotopic (exact) mass is 240 g/mol. The van der Waals surface area contributed by atoms with Gasteiger partial charge in [0.2, 0.25) is 0 Å². The summed E-state index contributed by atoms with van der Waals surface area (Å²) < 4.78 is 5.37. The third-order valence-corrected chi connectivity index (χ3v) is 3.32. The van der Waals surface area contributed by atoms with Gasteiger partial charge in [-0.3, -0.25) is 4.90 Å². The SMILES string of the molecule is CC(C)(C)OC(=O)N1CC2CCC1/C(=N\O)C2. The van der Waals surface area contributed by atoms with E-state index in [-0.39, 0.29) is 12.1 Å². The van der Waals surface area contributed by atoms with Crippen molar-refractivity contribution in [2.45, 2.75) is 51.7 Å². The standard InChI is InChI=1S/C12H20N2O3/c1-12(2,3)17-11(15)14-7-8-4-5-10(14)9(6-8)13-16/h8,10,16H,4-7H2,1-3H3/b13-9-. The molecule has 0 aromatic heterocycles. The van der Waals surface area contributed by atoms with E-state index in [0.29, 0.717) is 5.92 Å². The Bertz CT molecular complexity index is 346. The summed E-state index contributed by atoms with van der Waals surface area (Å²) in [4.78, 5) is 13.7. The van der Waals surface area contributed by atoms with Crippen molar-refractivity contribution in [2.75, 3.05) is 6.54 Å². The second-order valence-electron chi connectivity index (χ2n) is 5.89. The van der Waals surface area contributed by atoms with Crippen LogP contribution in [0.15, 0.2) is 5.16 Å². The maximum absolute atomic E-state index is 12.0. The van der Waals surface area contributed by atoms with Crippen molar-refractivity contribution in [1.82, 2.24) is 4.90 Å². The number of amides is 1. The van der Waals surface area contributed by atoms with Gasteiger partial charge in [0.25, 0.3) is 0 Å². The Morgan fingerprint density at radius 2 is 2.18 bits per heavy atom. The lowest BCUT2D eigenvalue weighted by Gasteiger charge is -2.45. The van der Waals surface area contributed by atoms with Gasteiger partial charge >= 0.3 is 6.09 Å². The molecule has 2 unspecified atom stereocenters. The molecule has 2 aliphatic heterocycles. The van der Waals surface area contributed by atoms with Crippen LogP contribution in [0.1, 0.15) is 40.0 Å². The van der Waals surface area contributed by atoms with Gasteiger partial charge in [0.05, 0.1) is 11.8 Å². The van der Waals surface area contributed by atoms with Crippen molar-refractivity contribution < 1.29 is 14.7 Å². The summed E-state index contributed by atoms with van der Waals surface area (Å²) >= 11 is 0. The zero-order valence-electron chi connectivity index (χ0n) is 10.6. The van der Waals surface area contributed by atoms with E-state index < -0.39 is 5.60 Å². The lowest BCUT2D eigenvalue weighted by Crippen LogP contribution is -2.56. The average molecular weight is 240 g/mol. The van der Waals surface area contributed by atoms with Crippen LogP contribution in [0.4, 0.5) is 4.79 Å². The smallest absolute Gasteiger partial charge is 0.410 e. The van der Waals surface area contributed by atoms with Crippen molar-refractivity contribution >= 4 is 11.8 Å². The molecule has 3 fully saturated rings. The Labute approximate surface area is 101 Å². The van der Waals surface area contributed by atoms with E-state index in [1.54, 1.807) is 4.90 Å². The van der Waals surface area contributed by atoms with E-state index in [9.17, 15) is 4.79 Å². The Hall–Kier alpha value is -1.26. The minimum Gasteiger partial charge on any atom is -0.444 e. The van der Waals surface area contributed by atoms with Crippen molar-refractivity contribution in [1.29, 1.82) is 0 Å². The number of rotatable bonds is 0. The molecule has 1 saturated carbocycles. The maximum Gasteiger partial charge on any atom is 0.410 e. The highest BCUT2D eigenvalue weighted by molar-refractivity contribution is 5.93. The maximum atomic E-state index is 12.0. The van der Waals surface area contributed by atoms with Crippen LogP contribution in [0.5, 0.6) is 0 Å². The molecule has 2 saturated heterocycles. The molecule has 5 nitrogen and oxygen atoms in total. The highest BCUT2D eigenvalue weighted by atomic mass is 16.6. The molecule has 1 N–H and O–H groups in total. The molecule has 2 heterocycles. The second-order valence-corrected chi connectivity index (χ2v) is 5.89. The molecule has 3 aliphatic rings. The van der Waals surface area contributed by atoms with Crippen LogP contribution in [-0.4, -0.2) is 40.1 Å². The van der Waals surface area contributed by atoms with Crippen LogP contribution in [0.2, 0.25) is 0 Å². The summed E-state index contributed by atoms with van der Waals surface area (Å²) in [5.41, 5.74) is 0.239. The zero-order valence-corrected chi connectivity index (χ0v) is 10.6. The molecule has 2 atom stereocenters. The van der Waals surface area contributed by atoms with Gasteiger partial charge in [0, 0.05) is 6.54 Å². The number of carbonyl (C=O) groups excluding carboxylic acids is 1. The molecular weight excluding hydrogens is 220 g/mol. The van der Waals surface area contributed by atoms with Gasteiger partial charge in [-0.05, 0) is 46.0 Å². The molecule has 3 rings (SSSR count). The Kier molecular flexibility index (Phi) is 3.02. The number of ether oxygens (including phenoxy) is 1. The summed E-state index contributed by atoms with van der Waals surface area (Å²) in [5, 5.41) is 12.3. The first kappa shape index (κ1) is 12.2. The predicted molar refractivity (Wildman–Crippen MR) is 63.3 cm³/mol. The summed E-state index contributed by atoms with van der Waals surface area (Å²) in [5.74, 6) is 0.415. The Morgan fingerprint density at radius 1 is 1.47 bits per heavy atom. The summed E-state index contributed by atoms with van der Waals surface area (Å²) in [7, 11) is 0. The molecule has 17 heavy (non-hydrogen) atoms. The van der Waals surface area contributed by atoms with E-state index >= 15 is 0 Å². The van der Waals surface area contributed by atoms with Crippen LogP contribution in [-0.2, 0) is 4.74 Å². The fourth-order valence-electron chi connectivity index (χ4n) is 2.62. The molecular formula is C12H20N2O3. The fourth-order valence-corrected chi connectivity index (χ4v) is 2.62. The molecule has 5 heteroatoms. The first-order valence-corrected chi connectivity index (χ1v) is 6.11. The largest absolute Gasteiger partial charge is 0.444 e. The van der Waals surface area contributed by atoms with Crippen LogP contribution < -0.4 is 0 Å². The summed E-state index contributed by atoms with van der Waals surface area (Å²) in [6.07, 6.45) is 2.49. The molecule has 1 aliphatic carbocycles. The van der Waals surface area contributed by atoms with Crippen LogP contribution in [0.25, 0.3) is 0 Å². The topological polar surface area (TPSA) is 62.1 Å². The number of piperidine rings is 2. The predicted octanol–water partition coefficient (Wildman–Crippen LogP) is 2.24. The molecule has 96 valence electrons. The normalized spacial score (nSPS) is 30.8. The highest BCUT2D eigenvalue weighted by Gasteiger charge is 2.42. The van der Waals surface area contributed by atoms with E-state index in [4.69, 9.17) is 9.94 Å². The molecule has 2 bridgehead atoms. The lowest BCUT2D eigenvalue weighted by atomic mass is 9.79.